The van der Waals surface area contributed by atoms with Crippen molar-refractivity contribution in [2.24, 2.45) is 4.99 Å². The molecule has 0 aromatic carbocycles. The molecule has 1 rings (SSSR count). The fourth-order valence-electron chi connectivity index (χ4n) is 0.994. The highest BCUT2D eigenvalue weighted by molar-refractivity contribution is 5.67. The van der Waals surface area contributed by atoms with Gasteiger partial charge in [0.15, 0.2) is 5.82 Å². The molecule has 1 heterocycles. The van der Waals surface area contributed by atoms with Gasteiger partial charge in [0.1, 0.15) is 0 Å². The molecule has 0 saturated carbocycles. The topological polar surface area (TPSA) is 41.0 Å². The predicted octanol–water partition coefficient (Wildman–Crippen LogP) is 3.58. The van der Waals surface area contributed by atoms with Crippen LogP contribution in [0.2, 0.25) is 0 Å². The SMILES string of the molecule is C.C/C=N\c1[nH]ncc1C=C(C)CC. The van der Waals surface area contributed by atoms with Crippen LogP contribution in [0.3, 0.4) is 0 Å². The van der Waals surface area contributed by atoms with E-state index in [-0.39, 0.29) is 7.43 Å². The number of nitrogens with zero attached hydrogens (tertiary/aromatic N) is 2. The number of hydrogen-bond acceptors (Lipinski definition) is 2. The molecule has 0 unspecified atom stereocenters. The molecular formula is C11H19N3. The lowest BCUT2D eigenvalue weighted by molar-refractivity contribution is 1.08. The van der Waals surface area contributed by atoms with Gasteiger partial charge in [-0.15, -0.1) is 0 Å². The minimum atomic E-state index is 0. The quantitative estimate of drug-likeness (QED) is 0.732. The van der Waals surface area contributed by atoms with Gasteiger partial charge in [-0.3, -0.25) is 5.10 Å². The van der Waals surface area contributed by atoms with Gasteiger partial charge in [-0.05, 0) is 20.3 Å². The Balaban J connectivity index is 0.00000169. The van der Waals surface area contributed by atoms with Gasteiger partial charge < -0.3 is 0 Å². The largest absolute Gasteiger partial charge is 0.261 e. The van der Waals surface area contributed by atoms with E-state index in [0.717, 1.165) is 17.8 Å². The average molecular weight is 193 g/mol. The van der Waals surface area contributed by atoms with Crippen LogP contribution < -0.4 is 0 Å². The van der Waals surface area contributed by atoms with Crippen molar-refractivity contribution >= 4 is 18.1 Å². The fraction of sp³-hybridized carbons (Fsp3) is 0.455. The van der Waals surface area contributed by atoms with E-state index in [4.69, 9.17) is 0 Å². The van der Waals surface area contributed by atoms with Crippen molar-refractivity contribution in [1.29, 1.82) is 0 Å². The van der Waals surface area contributed by atoms with Gasteiger partial charge in [-0.1, -0.05) is 26.0 Å². The van der Waals surface area contributed by atoms with Gasteiger partial charge in [0.25, 0.3) is 0 Å². The van der Waals surface area contributed by atoms with Crippen LogP contribution in [0.25, 0.3) is 6.08 Å². The second-order valence-corrected chi connectivity index (χ2v) is 2.91. The fourth-order valence-corrected chi connectivity index (χ4v) is 0.994. The molecule has 0 bridgehead atoms. The molecule has 3 nitrogen and oxygen atoms in total. The van der Waals surface area contributed by atoms with E-state index in [1.165, 1.54) is 5.57 Å². The smallest absolute Gasteiger partial charge is 0.154 e. The summed E-state index contributed by atoms with van der Waals surface area (Å²) in [6.07, 6.45) is 6.71. The van der Waals surface area contributed by atoms with Gasteiger partial charge in [0.2, 0.25) is 0 Å². The lowest BCUT2D eigenvalue weighted by Crippen LogP contribution is -1.73. The number of aliphatic imine (C=N–C) groups is 1. The summed E-state index contributed by atoms with van der Waals surface area (Å²) in [5.41, 5.74) is 2.38. The first-order valence-corrected chi connectivity index (χ1v) is 4.47. The second kappa shape index (κ2) is 6.13. The number of rotatable bonds is 3. The molecule has 0 fully saturated rings. The van der Waals surface area contributed by atoms with Crippen LogP contribution >= 0.6 is 0 Å². The van der Waals surface area contributed by atoms with Crippen molar-refractivity contribution in [2.75, 3.05) is 0 Å². The van der Waals surface area contributed by atoms with Crippen LogP contribution in [0.1, 0.15) is 40.2 Å². The highest BCUT2D eigenvalue weighted by atomic mass is 15.2. The molecule has 0 aliphatic heterocycles. The Kier molecular flexibility index (Phi) is 5.53. The summed E-state index contributed by atoms with van der Waals surface area (Å²) in [4.78, 5) is 4.17. The first-order chi connectivity index (χ1) is 6.27. The van der Waals surface area contributed by atoms with Crippen molar-refractivity contribution in [3.8, 4) is 0 Å². The average Bonchev–Trinajstić information content (AvgIpc) is 2.54. The third-order valence-electron chi connectivity index (χ3n) is 1.87. The third-order valence-corrected chi connectivity index (χ3v) is 1.87. The van der Waals surface area contributed by atoms with Gasteiger partial charge in [-0.25, -0.2) is 4.99 Å². The Morgan fingerprint density at radius 2 is 2.36 bits per heavy atom. The summed E-state index contributed by atoms with van der Waals surface area (Å²) in [5, 5.41) is 6.79. The van der Waals surface area contributed by atoms with E-state index >= 15 is 0 Å². The third kappa shape index (κ3) is 3.17. The molecule has 0 atom stereocenters. The molecule has 1 N–H and O–H groups in total. The van der Waals surface area contributed by atoms with Gasteiger partial charge in [-0.2, -0.15) is 5.10 Å². The number of aromatic amines is 1. The number of aromatic nitrogens is 2. The Hall–Kier alpha value is -1.38. The Morgan fingerprint density at radius 3 is 2.93 bits per heavy atom. The highest BCUT2D eigenvalue weighted by Crippen LogP contribution is 2.18. The van der Waals surface area contributed by atoms with Crippen LogP contribution in [0, 0.1) is 0 Å². The molecule has 1 aromatic rings. The van der Waals surface area contributed by atoms with Crippen LogP contribution in [-0.4, -0.2) is 16.4 Å². The summed E-state index contributed by atoms with van der Waals surface area (Å²) >= 11 is 0. The summed E-state index contributed by atoms with van der Waals surface area (Å²) < 4.78 is 0. The zero-order valence-electron chi connectivity index (χ0n) is 8.33. The molecule has 3 heteroatoms. The molecule has 78 valence electrons. The van der Waals surface area contributed by atoms with Crippen LogP contribution in [0.5, 0.6) is 0 Å². The molecule has 1 aromatic heterocycles. The van der Waals surface area contributed by atoms with E-state index in [9.17, 15) is 0 Å². The van der Waals surface area contributed by atoms with E-state index in [1.807, 2.05) is 6.92 Å². The van der Waals surface area contributed by atoms with E-state index < -0.39 is 0 Å². The lowest BCUT2D eigenvalue weighted by Gasteiger charge is -1.94. The Bertz CT molecular complexity index is 321. The molecule has 0 saturated heterocycles. The van der Waals surface area contributed by atoms with Gasteiger partial charge >= 0.3 is 0 Å². The predicted molar refractivity (Wildman–Crippen MR) is 63.1 cm³/mol. The van der Waals surface area contributed by atoms with E-state index in [2.05, 4.69) is 35.1 Å². The minimum absolute atomic E-state index is 0. The van der Waals surface area contributed by atoms with Crippen LogP contribution in [0.15, 0.2) is 16.8 Å². The maximum absolute atomic E-state index is 4.17. The number of H-pyrrole nitrogens is 1. The standard InChI is InChI=1S/C10H15N3.CH4/c1-4-8(3)6-9-7-12-13-10(9)11-5-2;/h5-7H,4H2,1-3H3,(H,12,13);1H4/b8-6?,11-5-;. The summed E-state index contributed by atoms with van der Waals surface area (Å²) in [6.45, 7) is 6.13. The minimum Gasteiger partial charge on any atom is -0.261 e. The monoisotopic (exact) mass is 193 g/mol. The molecule has 0 amide bonds. The Morgan fingerprint density at radius 1 is 1.64 bits per heavy atom. The van der Waals surface area contributed by atoms with Gasteiger partial charge in [0.05, 0.1) is 6.20 Å². The molecule has 0 spiro atoms. The van der Waals surface area contributed by atoms with Crippen molar-refractivity contribution in [2.45, 2.75) is 34.6 Å². The van der Waals surface area contributed by atoms with Crippen molar-refractivity contribution in [3.05, 3.63) is 17.3 Å². The summed E-state index contributed by atoms with van der Waals surface area (Å²) in [6, 6.07) is 0. The maximum atomic E-state index is 4.17. The molecule has 0 aliphatic carbocycles. The number of hydrogen-bond donors (Lipinski definition) is 1. The highest BCUT2D eigenvalue weighted by Gasteiger charge is 1.99. The molecule has 0 radical (unpaired) electrons. The Labute approximate surface area is 86.0 Å². The van der Waals surface area contributed by atoms with Crippen LogP contribution in [0.4, 0.5) is 5.82 Å². The first-order valence-electron chi connectivity index (χ1n) is 4.47. The maximum Gasteiger partial charge on any atom is 0.154 e. The van der Waals surface area contributed by atoms with Crippen molar-refractivity contribution in [3.63, 3.8) is 0 Å². The second-order valence-electron chi connectivity index (χ2n) is 2.91. The van der Waals surface area contributed by atoms with E-state index in [0.29, 0.717) is 0 Å². The van der Waals surface area contributed by atoms with E-state index in [1.54, 1.807) is 12.4 Å². The molecule has 14 heavy (non-hydrogen) atoms. The zero-order chi connectivity index (χ0) is 9.68. The number of allylic oxidation sites excluding steroid dienone is 1. The summed E-state index contributed by atoms with van der Waals surface area (Å²) in [5.74, 6) is 0.829. The first kappa shape index (κ1) is 12.6. The molecule has 0 aliphatic rings. The zero-order valence-corrected chi connectivity index (χ0v) is 8.33. The normalized spacial score (nSPS) is 11.8. The number of nitrogens with one attached hydrogen (secondary N) is 1. The molecular weight excluding hydrogens is 174 g/mol. The van der Waals surface area contributed by atoms with Crippen molar-refractivity contribution < 1.29 is 0 Å². The van der Waals surface area contributed by atoms with Gasteiger partial charge in [0, 0.05) is 11.8 Å². The summed E-state index contributed by atoms with van der Waals surface area (Å²) in [7, 11) is 0. The lowest BCUT2D eigenvalue weighted by atomic mass is 10.1. The van der Waals surface area contributed by atoms with Crippen molar-refractivity contribution in [1.82, 2.24) is 10.2 Å². The van der Waals surface area contributed by atoms with Crippen LogP contribution in [-0.2, 0) is 0 Å².